The second-order valence-corrected chi connectivity index (χ2v) is 5.67. The van der Waals surface area contributed by atoms with E-state index in [1.165, 1.54) is 17.5 Å². The summed E-state index contributed by atoms with van der Waals surface area (Å²) >= 11 is 0. The van der Waals surface area contributed by atoms with Crippen molar-refractivity contribution in [3.05, 3.63) is 29.3 Å². The van der Waals surface area contributed by atoms with Gasteiger partial charge in [0.25, 0.3) is 0 Å². The zero-order chi connectivity index (χ0) is 14.4. The van der Waals surface area contributed by atoms with E-state index in [9.17, 15) is 4.79 Å². The topological polar surface area (TPSA) is 29.5 Å². The number of benzene rings is 1. The van der Waals surface area contributed by atoms with E-state index in [1.54, 1.807) is 14.0 Å². The van der Waals surface area contributed by atoms with E-state index in [4.69, 9.17) is 4.74 Å². The van der Waals surface area contributed by atoms with Crippen LogP contribution in [0, 0.1) is 0 Å². The molecule has 0 aromatic heterocycles. The summed E-state index contributed by atoms with van der Waals surface area (Å²) in [5.41, 5.74) is 2.85. The van der Waals surface area contributed by atoms with Crippen LogP contribution in [0.25, 0.3) is 0 Å². The van der Waals surface area contributed by atoms with Crippen LogP contribution in [0.1, 0.15) is 43.7 Å². The predicted octanol–water partition coefficient (Wildman–Crippen LogP) is 3.20. The molecule has 20 heavy (non-hydrogen) atoms. The van der Waals surface area contributed by atoms with Gasteiger partial charge >= 0.3 is 0 Å². The first-order valence-corrected chi connectivity index (χ1v) is 7.56. The first-order chi connectivity index (χ1) is 9.69. The number of aryl methyl sites for hydroxylation is 1. The molecule has 1 aromatic carbocycles. The average Bonchev–Trinajstić information content (AvgIpc) is 2.64. The highest BCUT2D eigenvalue weighted by molar-refractivity contribution is 5.75. The van der Waals surface area contributed by atoms with E-state index in [1.807, 2.05) is 0 Å². The fourth-order valence-corrected chi connectivity index (χ4v) is 2.83. The number of ketones is 1. The van der Waals surface area contributed by atoms with Gasteiger partial charge in [-0.05, 0) is 69.0 Å². The molecule has 0 fully saturated rings. The van der Waals surface area contributed by atoms with Gasteiger partial charge in [0.05, 0.1) is 7.11 Å². The minimum Gasteiger partial charge on any atom is -0.497 e. The van der Waals surface area contributed by atoms with Crippen LogP contribution in [0.3, 0.4) is 0 Å². The number of unbranched alkanes of at least 4 members (excludes halogenated alkanes) is 1. The van der Waals surface area contributed by atoms with Crippen molar-refractivity contribution in [1.29, 1.82) is 0 Å². The summed E-state index contributed by atoms with van der Waals surface area (Å²) in [5, 5.41) is 0. The number of nitrogens with zero attached hydrogens (tertiary/aromatic N) is 1. The van der Waals surface area contributed by atoms with Crippen molar-refractivity contribution >= 4 is 5.78 Å². The monoisotopic (exact) mass is 275 g/mol. The Morgan fingerprint density at radius 2 is 2.15 bits per heavy atom. The predicted molar refractivity (Wildman–Crippen MR) is 81.1 cm³/mol. The molecule has 110 valence electrons. The van der Waals surface area contributed by atoms with E-state index >= 15 is 0 Å². The number of ether oxygens (including phenoxy) is 1. The van der Waals surface area contributed by atoms with E-state index in [-0.39, 0.29) is 0 Å². The summed E-state index contributed by atoms with van der Waals surface area (Å²) in [5.74, 6) is 1.26. The Balaban J connectivity index is 1.89. The van der Waals surface area contributed by atoms with Crippen molar-refractivity contribution in [2.24, 2.45) is 0 Å². The van der Waals surface area contributed by atoms with Crippen LogP contribution in [0.2, 0.25) is 0 Å². The van der Waals surface area contributed by atoms with Gasteiger partial charge in [0, 0.05) is 13.0 Å². The summed E-state index contributed by atoms with van der Waals surface area (Å²) in [7, 11) is 1.72. The van der Waals surface area contributed by atoms with Gasteiger partial charge in [-0.3, -0.25) is 4.90 Å². The molecule has 1 aliphatic rings. The Labute approximate surface area is 121 Å². The third-order valence-electron chi connectivity index (χ3n) is 3.98. The lowest BCUT2D eigenvalue weighted by Gasteiger charge is -2.20. The largest absolute Gasteiger partial charge is 0.497 e. The SMILES string of the molecule is COc1ccc2c(c1)CCCN(CCCCC(C)=O)C2. The molecule has 0 unspecified atom stereocenters. The third kappa shape index (κ3) is 4.34. The van der Waals surface area contributed by atoms with Gasteiger partial charge in [-0.2, -0.15) is 0 Å². The Hall–Kier alpha value is -1.35. The van der Waals surface area contributed by atoms with Crippen LogP contribution in [-0.4, -0.2) is 30.9 Å². The zero-order valence-electron chi connectivity index (χ0n) is 12.7. The van der Waals surface area contributed by atoms with Crippen LogP contribution in [0.15, 0.2) is 18.2 Å². The highest BCUT2D eigenvalue weighted by atomic mass is 16.5. The number of carbonyl (C=O) groups is 1. The molecule has 1 heterocycles. The molecule has 0 bridgehead atoms. The molecule has 0 spiro atoms. The molecule has 0 N–H and O–H groups in total. The molecule has 1 aliphatic heterocycles. The number of methoxy groups -OCH3 is 1. The maximum Gasteiger partial charge on any atom is 0.129 e. The van der Waals surface area contributed by atoms with Crippen LogP contribution < -0.4 is 4.74 Å². The molecule has 0 radical (unpaired) electrons. The first-order valence-electron chi connectivity index (χ1n) is 7.56. The number of fused-ring (bicyclic) bond motifs is 1. The maximum absolute atomic E-state index is 10.9. The minimum absolute atomic E-state index is 0.304. The van der Waals surface area contributed by atoms with Gasteiger partial charge in [-0.15, -0.1) is 0 Å². The highest BCUT2D eigenvalue weighted by Crippen LogP contribution is 2.23. The number of hydrogen-bond acceptors (Lipinski definition) is 3. The normalized spacial score (nSPS) is 15.5. The number of rotatable bonds is 6. The summed E-state index contributed by atoms with van der Waals surface area (Å²) in [6.07, 6.45) is 5.19. The van der Waals surface area contributed by atoms with Crippen LogP contribution in [0.5, 0.6) is 5.75 Å². The third-order valence-corrected chi connectivity index (χ3v) is 3.98. The van der Waals surface area contributed by atoms with Crippen molar-refractivity contribution in [2.75, 3.05) is 20.2 Å². The van der Waals surface area contributed by atoms with E-state index < -0.39 is 0 Å². The van der Waals surface area contributed by atoms with E-state index in [2.05, 4.69) is 23.1 Å². The van der Waals surface area contributed by atoms with Gasteiger partial charge in [0.2, 0.25) is 0 Å². The Morgan fingerprint density at radius 3 is 2.90 bits per heavy atom. The second-order valence-electron chi connectivity index (χ2n) is 5.67. The summed E-state index contributed by atoms with van der Waals surface area (Å²) < 4.78 is 5.30. The van der Waals surface area contributed by atoms with E-state index in [0.717, 1.165) is 51.1 Å². The van der Waals surface area contributed by atoms with Gasteiger partial charge in [0.1, 0.15) is 11.5 Å². The lowest BCUT2D eigenvalue weighted by atomic mass is 10.0. The molecule has 2 rings (SSSR count). The smallest absolute Gasteiger partial charge is 0.129 e. The number of Topliss-reactive ketones (excluding diaryl/α,β-unsaturated/α-hetero) is 1. The molecule has 0 saturated carbocycles. The molecule has 1 aromatic rings. The summed E-state index contributed by atoms with van der Waals surface area (Å²) in [6, 6.07) is 6.43. The van der Waals surface area contributed by atoms with Gasteiger partial charge < -0.3 is 9.53 Å². The molecular formula is C17H25NO2. The zero-order valence-corrected chi connectivity index (χ0v) is 12.7. The Morgan fingerprint density at radius 1 is 1.30 bits per heavy atom. The molecule has 0 saturated heterocycles. The average molecular weight is 275 g/mol. The number of carbonyl (C=O) groups excluding carboxylic acids is 1. The van der Waals surface area contributed by atoms with Crippen molar-refractivity contribution in [1.82, 2.24) is 4.90 Å². The van der Waals surface area contributed by atoms with Crippen molar-refractivity contribution < 1.29 is 9.53 Å². The first kappa shape index (κ1) is 15.0. The fourth-order valence-electron chi connectivity index (χ4n) is 2.83. The Kier molecular flexibility index (Phi) is 5.60. The Bertz CT molecular complexity index is 456. The van der Waals surface area contributed by atoms with Crippen LogP contribution in [0.4, 0.5) is 0 Å². The van der Waals surface area contributed by atoms with Crippen LogP contribution in [-0.2, 0) is 17.8 Å². The van der Waals surface area contributed by atoms with Gasteiger partial charge in [0.15, 0.2) is 0 Å². The van der Waals surface area contributed by atoms with Gasteiger partial charge in [-0.1, -0.05) is 6.07 Å². The van der Waals surface area contributed by atoms with Crippen molar-refractivity contribution in [3.63, 3.8) is 0 Å². The lowest BCUT2D eigenvalue weighted by Crippen LogP contribution is -2.24. The van der Waals surface area contributed by atoms with Gasteiger partial charge in [-0.25, -0.2) is 0 Å². The lowest BCUT2D eigenvalue weighted by molar-refractivity contribution is -0.117. The quantitative estimate of drug-likeness (QED) is 0.747. The highest BCUT2D eigenvalue weighted by Gasteiger charge is 2.14. The van der Waals surface area contributed by atoms with Crippen molar-refractivity contribution in [2.45, 2.75) is 45.6 Å². The summed E-state index contributed by atoms with van der Waals surface area (Å²) in [6.45, 7) is 4.95. The molecular weight excluding hydrogens is 250 g/mol. The number of hydrogen-bond donors (Lipinski definition) is 0. The fraction of sp³-hybridized carbons (Fsp3) is 0.588. The van der Waals surface area contributed by atoms with Crippen molar-refractivity contribution in [3.8, 4) is 5.75 Å². The van der Waals surface area contributed by atoms with E-state index in [0.29, 0.717) is 5.78 Å². The molecule has 0 amide bonds. The molecule has 0 atom stereocenters. The molecule has 0 aliphatic carbocycles. The second kappa shape index (κ2) is 7.44. The molecule has 3 heteroatoms. The van der Waals surface area contributed by atoms with Crippen LogP contribution >= 0.6 is 0 Å². The standard InChI is InChI=1S/C17H25NO2/c1-14(19)6-3-4-10-18-11-5-7-15-12-17(20-2)9-8-16(15)13-18/h8-9,12H,3-7,10-11,13H2,1-2H3. The minimum atomic E-state index is 0.304. The molecule has 3 nitrogen and oxygen atoms in total. The summed E-state index contributed by atoms with van der Waals surface area (Å²) in [4.78, 5) is 13.5. The maximum atomic E-state index is 10.9.